The van der Waals surface area contributed by atoms with Gasteiger partial charge in [-0.1, -0.05) is 6.07 Å². The molecule has 0 atom stereocenters. The van der Waals surface area contributed by atoms with Gasteiger partial charge in [-0.25, -0.2) is 0 Å². The Morgan fingerprint density at radius 1 is 1.14 bits per heavy atom. The van der Waals surface area contributed by atoms with Crippen LogP contribution in [0.2, 0.25) is 0 Å². The van der Waals surface area contributed by atoms with E-state index in [1.54, 1.807) is 0 Å². The quantitative estimate of drug-likeness (QED) is 0.909. The van der Waals surface area contributed by atoms with Gasteiger partial charge < -0.3 is 15.2 Å². The van der Waals surface area contributed by atoms with Crippen LogP contribution in [-0.2, 0) is 17.8 Å². The molecule has 0 aromatic heterocycles. The van der Waals surface area contributed by atoms with Crippen LogP contribution in [0.4, 0.5) is 5.69 Å². The summed E-state index contributed by atoms with van der Waals surface area (Å²) in [5.41, 5.74) is 3.86. The van der Waals surface area contributed by atoms with Crippen LogP contribution in [0.1, 0.15) is 23.1 Å². The number of anilines is 1. The Bertz CT molecular complexity index is 694. The van der Waals surface area contributed by atoms with Gasteiger partial charge in [0.1, 0.15) is 11.5 Å². The van der Waals surface area contributed by atoms with Gasteiger partial charge in [0.2, 0.25) is 5.91 Å². The molecule has 1 heterocycles. The monoisotopic (exact) mass is 283 g/mol. The number of aliphatic hydroxyl groups excluding tert-OH is 1. The molecule has 2 aromatic rings. The van der Waals surface area contributed by atoms with Crippen LogP contribution >= 0.6 is 0 Å². The van der Waals surface area contributed by atoms with Crippen molar-refractivity contribution < 1.29 is 14.6 Å². The van der Waals surface area contributed by atoms with Gasteiger partial charge >= 0.3 is 0 Å². The molecule has 108 valence electrons. The maximum Gasteiger partial charge on any atom is 0.224 e. The minimum atomic E-state index is 0.0324. The summed E-state index contributed by atoms with van der Waals surface area (Å²) in [7, 11) is 0. The van der Waals surface area contributed by atoms with E-state index in [9.17, 15) is 9.90 Å². The molecule has 2 N–H and O–H groups in total. The van der Waals surface area contributed by atoms with E-state index >= 15 is 0 Å². The fraction of sp³-hybridized carbons (Fsp3) is 0.235. The lowest BCUT2D eigenvalue weighted by Gasteiger charge is -2.17. The van der Waals surface area contributed by atoms with Crippen molar-refractivity contribution in [3.8, 4) is 11.5 Å². The van der Waals surface area contributed by atoms with E-state index in [2.05, 4.69) is 5.32 Å². The Morgan fingerprint density at radius 2 is 1.90 bits per heavy atom. The van der Waals surface area contributed by atoms with E-state index < -0.39 is 0 Å². The summed E-state index contributed by atoms with van der Waals surface area (Å²) in [5.74, 6) is 1.55. The van der Waals surface area contributed by atoms with Gasteiger partial charge in [0.15, 0.2) is 0 Å². The molecule has 1 amide bonds. The molecule has 0 fully saturated rings. The van der Waals surface area contributed by atoms with Crippen LogP contribution in [0.25, 0.3) is 0 Å². The van der Waals surface area contributed by atoms with Crippen LogP contribution in [0, 0.1) is 6.92 Å². The molecule has 0 saturated heterocycles. The lowest BCUT2D eigenvalue weighted by Crippen LogP contribution is -2.18. The standard InChI is InChI=1S/C17H17NO3/c1-11-8-14(4-2-13(11)10-19)21-15-5-6-16-12(9-15)3-7-17(20)18-16/h2,4-6,8-9,19H,3,7,10H2,1H3,(H,18,20). The second kappa shape index (κ2) is 5.58. The average Bonchev–Trinajstić information content (AvgIpc) is 2.48. The Balaban J connectivity index is 1.82. The van der Waals surface area contributed by atoms with Crippen LogP contribution < -0.4 is 10.1 Å². The number of carbonyl (C=O) groups is 1. The number of hydrogen-bond donors (Lipinski definition) is 2. The topological polar surface area (TPSA) is 58.6 Å². The van der Waals surface area contributed by atoms with Crippen molar-refractivity contribution in [2.24, 2.45) is 0 Å². The molecule has 0 aliphatic carbocycles. The van der Waals surface area contributed by atoms with Crippen LogP contribution in [0.5, 0.6) is 11.5 Å². The number of amides is 1. The van der Waals surface area contributed by atoms with Crippen molar-refractivity contribution in [2.45, 2.75) is 26.4 Å². The number of aryl methyl sites for hydroxylation is 2. The van der Waals surface area contributed by atoms with Gasteiger partial charge in [0.05, 0.1) is 6.61 Å². The molecule has 0 bridgehead atoms. The fourth-order valence-corrected chi connectivity index (χ4v) is 2.47. The van der Waals surface area contributed by atoms with Crippen LogP contribution in [-0.4, -0.2) is 11.0 Å². The Hall–Kier alpha value is -2.33. The van der Waals surface area contributed by atoms with Crippen molar-refractivity contribution in [1.29, 1.82) is 0 Å². The highest BCUT2D eigenvalue weighted by atomic mass is 16.5. The summed E-state index contributed by atoms with van der Waals surface area (Å²) in [4.78, 5) is 11.3. The van der Waals surface area contributed by atoms with Crippen molar-refractivity contribution in [1.82, 2.24) is 0 Å². The summed E-state index contributed by atoms with van der Waals surface area (Å²) in [6, 6.07) is 11.3. The Morgan fingerprint density at radius 3 is 2.67 bits per heavy atom. The first-order valence-electron chi connectivity index (χ1n) is 6.97. The molecule has 2 aromatic carbocycles. The van der Waals surface area contributed by atoms with Gasteiger partial charge in [-0.3, -0.25) is 4.79 Å². The molecule has 0 radical (unpaired) electrons. The number of fused-ring (bicyclic) bond motifs is 1. The number of hydrogen-bond acceptors (Lipinski definition) is 3. The van der Waals surface area contributed by atoms with Gasteiger partial charge in [-0.05, 0) is 60.4 Å². The van der Waals surface area contributed by atoms with E-state index in [0.29, 0.717) is 6.42 Å². The smallest absolute Gasteiger partial charge is 0.224 e. The maximum absolute atomic E-state index is 11.3. The highest BCUT2D eigenvalue weighted by Crippen LogP contribution is 2.30. The molecular formula is C17H17NO3. The SMILES string of the molecule is Cc1cc(Oc2ccc3c(c2)CCC(=O)N3)ccc1CO. The lowest BCUT2D eigenvalue weighted by molar-refractivity contribution is -0.116. The second-order valence-corrected chi connectivity index (χ2v) is 5.22. The molecular weight excluding hydrogens is 266 g/mol. The molecule has 4 nitrogen and oxygen atoms in total. The third-order valence-corrected chi connectivity index (χ3v) is 3.69. The number of benzene rings is 2. The number of carbonyl (C=O) groups excluding carboxylic acids is 1. The van der Waals surface area contributed by atoms with Crippen molar-refractivity contribution in [3.05, 3.63) is 53.1 Å². The summed E-state index contributed by atoms with van der Waals surface area (Å²) in [6.45, 7) is 1.98. The van der Waals surface area contributed by atoms with Gasteiger partial charge in [-0.15, -0.1) is 0 Å². The zero-order valence-corrected chi connectivity index (χ0v) is 11.8. The Labute approximate surface area is 123 Å². The average molecular weight is 283 g/mol. The second-order valence-electron chi connectivity index (χ2n) is 5.22. The summed E-state index contributed by atoms with van der Waals surface area (Å²) in [6.07, 6.45) is 1.25. The van der Waals surface area contributed by atoms with E-state index in [0.717, 1.165) is 40.3 Å². The molecule has 0 spiro atoms. The summed E-state index contributed by atoms with van der Waals surface area (Å²) in [5, 5.41) is 12.0. The van der Waals surface area contributed by atoms with Crippen molar-refractivity contribution in [3.63, 3.8) is 0 Å². The van der Waals surface area contributed by atoms with Gasteiger partial charge in [0, 0.05) is 12.1 Å². The Kier molecular flexibility index (Phi) is 3.62. The normalized spacial score (nSPS) is 13.5. The first kappa shape index (κ1) is 13.6. The highest BCUT2D eigenvalue weighted by molar-refractivity contribution is 5.94. The molecule has 4 heteroatoms. The van der Waals surface area contributed by atoms with E-state index in [1.807, 2.05) is 43.3 Å². The van der Waals surface area contributed by atoms with E-state index in [-0.39, 0.29) is 12.5 Å². The predicted octanol–water partition coefficient (Wildman–Crippen LogP) is 3.16. The third kappa shape index (κ3) is 2.90. The maximum atomic E-state index is 11.3. The van der Waals surface area contributed by atoms with Crippen LogP contribution in [0.15, 0.2) is 36.4 Å². The number of rotatable bonds is 3. The first-order valence-corrected chi connectivity index (χ1v) is 6.97. The minimum absolute atomic E-state index is 0.0324. The summed E-state index contributed by atoms with van der Waals surface area (Å²) < 4.78 is 5.86. The summed E-state index contributed by atoms with van der Waals surface area (Å²) >= 11 is 0. The van der Waals surface area contributed by atoms with Crippen LogP contribution in [0.3, 0.4) is 0 Å². The van der Waals surface area contributed by atoms with E-state index in [4.69, 9.17) is 4.74 Å². The molecule has 0 unspecified atom stereocenters. The number of nitrogens with one attached hydrogen (secondary N) is 1. The third-order valence-electron chi connectivity index (χ3n) is 3.69. The fourth-order valence-electron chi connectivity index (χ4n) is 2.47. The minimum Gasteiger partial charge on any atom is -0.457 e. The zero-order valence-electron chi connectivity index (χ0n) is 11.8. The highest BCUT2D eigenvalue weighted by Gasteiger charge is 2.15. The number of aliphatic hydroxyl groups is 1. The van der Waals surface area contributed by atoms with Gasteiger partial charge in [0.25, 0.3) is 0 Å². The van der Waals surface area contributed by atoms with Crippen molar-refractivity contribution >= 4 is 11.6 Å². The largest absolute Gasteiger partial charge is 0.457 e. The molecule has 21 heavy (non-hydrogen) atoms. The molecule has 1 aliphatic rings. The molecule has 3 rings (SSSR count). The molecule has 1 aliphatic heterocycles. The molecule has 0 saturated carbocycles. The first-order chi connectivity index (χ1) is 10.2. The lowest BCUT2D eigenvalue weighted by atomic mass is 10.0. The van der Waals surface area contributed by atoms with Gasteiger partial charge in [-0.2, -0.15) is 0 Å². The zero-order chi connectivity index (χ0) is 14.8. The van der Waals surface area contributed by atoms with E-state index in [1.165, 1.54) is 0 Å². The number of ether oxygens (including phenoxy) is 1. The van der Waals surface area contributed by atoms with Crippen molar-refractivity contribution in [2.75, 3.05) is 5.32 Å². The predicted molar refractivity (Wildman–Crippen MR) is 80.6 cm³/mol.